The second kappa shape index (κ2) is 6.50. The summed E-state index contributed by atoms with van der Waals surface area (Å²) < 4.78 is 11.4. The van der Waals surface area contributed by atoms with Gasteiger partial charge < -0.3 is 24.6 Å². The van der Waals surface area contributed by atoms with Crippen LogP contribution in [0.5, 0.6) is 0 Å². The van der Waals surface area contributed by atoms with Crippen molar-refractivity contribution in [3.8, 4) is 0 Å². The SMILES string of the molecule is CCN1CCN(C(=O)NC2CCC3(CC2)OCCO3)CC1. The number of ether oxygens (including phenoxy) is 2. The standard InChI is InChI=1S/C15H27N3O3/c1-2-17-7-9-18(10-8-17)14(19)16-13-3-5-15(6-4-13)20-11-12-21-15/h13H,2-12H2,1H3,(H,16,19). The number of nitrogens with one attached hydrogen (secondary N) is 1. The molecule has 0 aromatic heterocycles. The Labute approximate surface area is 126 Å². The van der Waals surface area contributed by atoms with E-state index in [-0.39, 0.29) is 17.9 Å². The molecule has 3 fully saturated rings. The third-order valence-electron chi connectivity index (χ3n) is 5.00. The molecule has 1 spiro atoms. The molecular weight excluding hydrogens is 270 g/mol. The summed E-state index contributed by atoms with van der Waals surface area (Å²) in [7, 11) is 0. The highest BCUT2D eigenvalue weighted by molar-refractivity contribution is 5.74. The zero-order valence-corrected chi connectivity index (χ0v) is 13.0. The van der Waals surface area contributed by atoms with E-state index in [1.807, 2.05) is 4.90 Å². The van der Waals surface area contributed by atoms with E-state index in [4.69, 9.17) is 9.47 Å². The van der Waals surface area contributed by atoms with Gasteiger partial charge in [-0.05, 0) is 19.4 Å². The quantitative estimate of drug-likeness (QED) is 0.827. The van der Waals surface area contributed by atoms with Crippen LogP contribution < -0.4 is 5.32 Å². The summed E-state index contributed by atoms with van der Waals surface area (Å²) in [5.41, 5.74) is 0. The Hall–Kier alpha value is -0.850. The normalized spacial score (nSPS) is 27.2. The molecule has 2 heterocycles. The number of rotatable bonds is 2. The van der Waals surface area contributed by atoms with Gasteiger partial charge in [-0.3, -0.25) is 0 Å². The van der Waals surface area contributed by atoms with Crippen molar-refractivity contribution in [1.82, 2.24) is 15.1 Å². The maximum Gasteiger partial charge on any atom is 0.317 e. The van der Waals surface area contributed by atoms with E-state index in [0.717, 1.165) is 58.4 Å². The van der Waals surface area contributed by atoms with Gasteiger partial charge in [-0.2, -0.15) is 0 Å². The summed E-state index contributed by atoms with van der Waals surface area (Å²) in [5, 5.41) is 3.19. The van der Waals surface area contributed by atoms with E-state index >= 15 is 0 Å². The van der Waals surface area contributed by atoms with Gasteiger partial charge in [-0.15, -0.1) is 0 Å². The van der Waals surface area contributed by atoms with Crippen LogP contribution in [0.3, 0.4) is 0 Å². The summed E-state index contributed by atoms with van der Waals surface area (Å²) in [5.74, 6) is -0.339. The molecule has 0 radical (unpaired) electrons. The number of urea groups is 1. The van der Waals surface area contributed by atoms with Crippen LogP contribution in [-0.4, -0.2) is 73.6 Å². The highest BCUT2D eigenvalue weighted by atomic mass is 16.7. The van der Waals surface area contributed by atoms with Crippen molar-refractivity contribution in [1.29, 1.82) is 0 Å². The number of piperazine rings is 1. The van der Waals surface area contributed by atoms with Gasteiger partial charge in [-0.1, -0.05) is 6.92 Å². The Morgan fingerprint density at radius 1 is 1.14 bits per heavy atom. The molecule has 0 aromatic rings. The number of amides is 2. The fourth-order valence-electron chi connectivity index (χ4n) is 3.52. The van der Waals surface area contributed by atoms with E-state index in [0.29, 0.717) is 13.2 Å². The minimum absolute atomic E-state index is 0.0972. The van der Waals surface area contributed by atoms with Gasteiger partial charge in [0.15, 0.2) is 5.79 Å². The molecular formula is C15H27N3O3. The summed E-state index contributed by atoms with van der Waals surface area (Å²) >= 11 is 0. The third-order valence-corrected chi connectivity index (χ3v) is 5.00. The lowest BCUT2D eigenvalue weighted by atomic mass is 9.90. The first-order valence-electron chi connectivity index (χ1n) is 8.26. The van der Waals surface area contributed by atoms with Crippen LogP contribution in [0, 0.1) is 0 Å². The lowest BCUT2D eigenvalue weighted by Crippen LogP contribution is -2.54. The minimum Gasteiger partial charge on any atom is -0.348 e. The topological polar surface area (TPSA) is 54.0 Å². The predicted octanol–water partition coefficient (Wildman–Crippen LogP) is 1.02. The lowest BCUT2D eigenvalue weighted by Gasteiger charge is -2.38. The van der Waals surface area contributed by atoms with Crippen molar-refractivity contribution in [3.05, 3.63) is 0 Å². The van der Waals surface area contributed by atoms with Gasteiger partial charge >= 0.3 is 6.03 Å². The van der Waals surface area contributed by atoms with Gasteiger partial charge in [0.25, 0.3) is 0 Å². The highest BCUT2D eigenvalue weighted by Crippen LogP contribution is 2.35. The summed E-state index contributed by atoms with van der Waals surface area (Å²) in [4.78, 5) is 16.6. The fraction of sp³-hybridized carbons (Fsp3) is 0.933. The van der Waals surface area contributed by atoms with Crippen LogP contribution in [0.15, 0.2) is 0 Å². The minimum atomic E-state index is -0.339. The lowest BCUT2D eigenvalue weighted by molar-refractivity contribution is -0.179. The second-order valence-electron chi connectivity index (χ2n) is 6.25. The average molecular weight is 297 g/mol. The van der Waals surface area contributed by atoms with Crippen LogP contribution >= 0.6 is 0 Å². The average Bonchev–Trinajstić information content (AvgIpc) is 2.98. The number of nitrogens with zero attached hydrogens (tertiary/aromatic N) is 2. The van der Waals surface area contributed by atoms with Gasteiger partial charge in [-0.25, -0.2) is 4.79 Å². The summed E-state index contributed by atoms with van der Waals surface area (Å²) in [6.07, 6.45) is 3.67. The zero-order chi connectivity index (χ0) is 14.7. The molecule has 3 rings (SSSR count). The summed E-state index contributed by atoms with van der Waals surface area (Å²) in [6, 6.07) is 0.361. The number of hydrogen-bond donors (Lipinski definition) is 1. The first-order valence-corrected chi connectivity index (χ1v) is 8.26. The molecule has 2 saturated heterocycles. The van der Waals surface area contributed by atoms with Crippen molar-refractivity contribution < 1.29 is 14.3 Å². The van der Waals surface area contributed by atoms with E-state index in [1.54, 1.807) is 0 Å². The monoisotopic (exact) mass is 297 g/mol. The number of carbonyl (C=O) groups excluding carboxylic acids is 1. The van der Waals surface area contributed by atoms with Crippen LogP contribution in [0.2, 0.25) is 0 Å². The first kappa shape index (κ1) is 15.1. The summed E-state index contributed by atoms with van der Waals surface area (Å²) in [6.45, 7) is 8.29. The maximum absolute atomic E-state index is 12.3. The second-order valence-corrected chi connectivity index (χ2v) is 6.25. The molecule has 0 unspecified atom stereocenters. The van der Waals surface area contributed by atoms with Crippen LogP contribution in [0.25, 0.3) is 0 Å². The molecule has 1 N–H and O–H groups in total. The van der Waals surface area contributed by atoms with Gasteiger partial charge in [0, 0.05) is 45.1 Å². The highest BCUT2D eigenvalue weighted by Gasteiger charge is 2.40. The van der Waals surface area contributed by atoms with E-state index in [2.05, 4.69) is 17.1 Å². The number of likely N-dealkylation sites (N-methyl/N-ethyl adjacent to an activating group) is 1. The zero-order valence-electron chi connectivity index (χ0n) is 13.0. The number of hydrogen-bond acceptors (Lipinski definition) is 4. The van der Waals surface area contributed by atoms with E-state index < -0.39 is 0 Å². The van der Waals surface area contributed by atoms with Crippen molar-refractivity contribution in [2.24, 2.45) is 0 Å². The molecule has 120 valence electrons. The smallest absolute Gasteiger partial charge is 0.317 e. The van der Waals surface area contributed by atoms with Crippen molar-refractivity contribution in [2.45, 2.75) is 44.4 Å². The Balaban J connectivity index is 1.42. The molecule has 3 aliphatic rings. The number of carbonyl (C=O) groups is 1. The van der Waals surface area contributed by atoms with E-state index in [1.165, 1.54) is 0 Å². The fourth-order valence-corrected chi connectivity index (χ4v) is 3.52. The third kappa shape index (κ3) is 3.49. The Kier molecular flexibility index (Phi) is 4.66. The van der Waals surface area contributed by atoms with Gasteiger partial charge in [0.05, 0.1) is 13.2 Å². The molecule has 2 aliphatic heterocycles. The van der Waals surface area contributed by atoms with Crippen LogP contribution in [0.4, 0.5) is 4.79 Å². The van der Waals surface area contributed by atoms with Crippen molar-refractivity contribution >= 4 is 6.03 Å². The Bertz CT molecular complexity index is 353. The van der Waals surface area contributed by atoms with Crippen LogP contribution in [0.1, 0.15) is 32.6 Å². The Morgan fingerprint density at radius 3 is 2.33 bits per heavy atom. The predicted molar refractivity (Wildman–Crippen MR) is 79.1 cm³/mol. The first-order chi connectivity index (χ1) is 10.2. The molecule has 21 heavy (non-hydrogen) atoms. The molecule has 0 bridgehead atoms. The molecule has 0 aromatic carbocycles. The molecule has 0 atom stereocenters. The molecule has 1 aliphatic carbocycles. The molecule has 2 amide bonds. The molecule has 1 saturated carbocycles. The maximum atomic E-state index is 12.3. The van der Waals surface area contributed by atoms with Gasteiger partial charge in [0.2, 0.25) is 0 Å². The van der Waals surface area contributed by atoms with Crippen LogP contribution in [-0.2, 0) is 9.47 Å². The van der Waals surface area contributed by atoms with Gasteiger partial charge in [0.1, 0.15) is 0 Å². The largest absolute Gasteiger partial charge is 0.348 e. The van der Waals surface area contributed by atoms with Crippen molar-refractivity contribution in [2.75, 3.05) is 45.9 Å². The van der Waals surface area contributed by atoms with E-state index in [9.17, 15) is 4.79 Å². The molecule has 6 nitrogen and oxygen atoms in total. The Morgan fingerprint density at radius 2 is 1.76 bits per heavy atom. The van der Waals surface area contributed by atoms with Crippen molar-refractivity contribution in [3.63, 3.8) is 0 Å². The molecule has 6 heteroatoms.